The third kappa shape index (κ3) is 4.79. The van der Waals surface area contributed by atoms with Crippen LogP contribution in [-0.2, 0) is 9.53 Å². The van der Waals surface area contributed by atoms with Crippen molar-refractivity contribution >= 4 is 28.6 Å². The molecule has 0 saturated carbocycles. The zero-order chi connectivity index (χ0) is 23.4. The smallest absolute Gasteiger partial charge is 0.338 e. The molecule has 0 radical (unpaired) electrons. The molecule has 4 aromatic rings. The predicted octanol–water partition coefficient (Wildman–Crippen LogP) is 4.43. The minimum Gasteiger partial charge on any atom is -0.497 e. The number of benzene rings is 3. The van der Waals surface area contributed by atoms with E-state index in [0.717, 1.165) is 11.1 Å². The van der Waals surface area contributed by atoms with Gasteiger partial charge in [0.15, 0.2) is 6.10 Å². The summed E-state index contributed by atoms with van der Waals surface area (Å²) in [6.45, 7) is 1.50. The van der Waals surface area contributed by atoms with Gasteiger partial charge in [-0.05, 0) is 37.3 Å². The van der Waals surface area contributed by atoms with Crippen LogP contribution in [0.1, 0.15) is 17.3 Å². The highest BCUT2D eigenvalue weighted by Crippen LogP contribution is 2.29. The number of nitrogens with one attached hydrogen (secondary N) is 2. The molecule has 168 valence electrons. The summed E-state index contributed by atoms with van der Waals surface area (Å²) < 4.78 is 15.8. The van der Waals surface area contributed by atoms with E-state index in [1.54, 1.807) is 36.4 Å². The van der Waals surface area contributed by atoms with Gasteiger partial charge in [0.25, 0.3) is 5.91 Å². The number of hydrogen-bond donors (Lipinski definition) is 2. The standard InChI is InChI=1S/C25H23N3O5/c1-15(24(29)28-21-14-18(31-2)10-12-22(21)32-3)33-25(30)17-9-11-19-20(13-17)27-23(26-19)16-7-5-4-6-8-16/h4-15H,1-3H3,(H,26,27)(H,28,29). The second-order valence-corrected chi connectivity index (χ2v) is 7.29. The van der Waals surface area contributed by atoms with Crippen molar-refractivity contribution in [1.82, 2.24) is 9.97 Å². The number of carbonyl (C=O) groups is 2. The number of hydrogen-bond acceptors (Lipinski definition) is 6. The molecule has 0 spiro atoms. The molecule has 0 aliphatic carbocycles. The first-order valence-electron chi connectivity index (χ1n) is 10.3. The average Bonchev–Trinajstić information content (AvgIpc) is 3.28. The lowest BCUT2D eigenvalue weighted by molar-refractivity contribution is -0.123. The van der Waals surface area contributed by atoms with E-state index in [1.807, 2.05) is 30.3 Å². The molecule has 1 atom stereocenters. The van der Waals surface area contributed by atoms with E-state index in [-0.39, 0.29) is 0 Å². The van der Waals surface area contributed by atoms with Gasteiger partial charge in [0.05, 0.1) is 36.5 Å². The molecule has 1 aromatic heterocycles. The number of aromatic nitrogens is 2. The van der Waals surface area contributed by atoms with Crippen LogP contribution in [0.15, 0.2) is 66.7 Å². The molecule has 8 heteroatoms. The maximum absolute atomic E-state index is 12.7. The fraction of sp³-hybridized carbons (Fsp3) is 0.160. The van der Waals surface area contributed by atoms with Crippen molar-refractivity contribution in [2.45, 2.75) is 13.0 Å². The first-order chi connectivity index (χ1) is 16.0. The van der Waals surface area contributed by atoms with Crippen molar-refractivity contribution in [3.05, 3.63) is 72.3 Å². The van der Waals surface area contributed by atoms with Gasteiger partial charge < -0.3 is 24.5 Å². The number of fused-ring (bicyclic) bond motifs is 1. The summed E-state index contributed by atoms with van der Waals surface area (Å²) in [5.74, 6) is 0.605. The van der Waals surface area contributed by atoms with Crippen LogP contribution in [0.5, 0.6) is 11.5 Å². The number of methoxy groups -OCH3 is 2. The number of nitrogens with zero attached hydrogens (tertiary/aromatic N) is 1. The van der Waals surface area contributed by atoms with Crippen LogP contribution in [0.3, 0.4) is 0 Å². The first kappa shape index (κ1) is 21.9. The SMILES string of the molecule is COc1ccc(OC)c(NC(=O)C(C)OC(=O)c2ccc3nc(-c4ccccc4)[nH]c3c2)c1. The van der Waals surface area contributed by atoms with Crippen LogP contribution in [0.25, 0.3) is 22.4 Å². The summed E-state index contributed by atoms with van der Waals surface area (Å²) in [4.78, 5) is 33.1. The van der Waals surface area contributed by atoms with Gasteiger partial charge in [-0.3, -0.25) is 4.79 Å². The summed E-state index contributed by atoms with van der Waals surface area (Å²) in [5, 5.41) is 2.71. The first-order valence-corrected chi connectivity index (χ1v) is 10.3. The number of aromatic amines is 1. The number of carbonyl (C=O) groups excluding carboxylic acids is 2. The number of amides is 1. The minimum atomic E-state index is -1.04. The summed E-state index contributed by atoms with van der Waals surface area (Å²) in [5.41, 5.74) is 3.08. The molecule has 0 bridgehead atoms. The Morgan fingerprint density at radius 1 is 0.970 bits per heavy atom. The van der Waals surface area contributed by atoms with Crippen molar-refractivity contribution in [1.29, 1.82) is 0 Å². The molecule has 0 aliphatic rings. The highest BCUT2D eigenvalue weighted by atomic mass is 16.5. The molecule has 8 nitrogen and oxygen atoms in total. The summed E-state index contributed by atoms with van der Waals surface area (Å²) in [7, 11) is 3.02. The van der Waals surface area contributed by atoms with Crippen molar-refractivity contribution in [3.8, 4) is 22.9 Å². The summed E-state index contributed by atoms with van der Waals surface area (Å²) in [6, 6.07) is 19.7. The number of anilines is 1. The fourth-order valence-electron chi connectivity index (χ4n) is 3.30. The Hall–Kier alpha value is -4.33. The van der Waals surface area contributed by atoms with Gasteiger partial charge in [0.2, 0.25) is 0 Å². The topological polar surface area (TPSA) is 103 Å². The fourth-order valence-corrected chi connectivity index (χ4v) is 3.30. The number of ether oxygens (including phenoxy) is 3. The van der Waals surface area contributed by atoms with E-state index in [1.165, 1.54) is 21.1 Å². The molecule has 1 unspecified atom stereocenters. The Kier molecular flexibility index (Phi) is 6.26. The minimum absolute atomic E-state index is 0.310. The van der Waals surface area contributed by atoms with Crippen LogP contribution in [0, 0.1) is 0 Å². The van der Waals surface area contributed by atoms with Gasteiger partial charge >= 0.3 is 5.97 Å². The summed E-state index contributed by atoms with van der Waals surface area (Å²) >= 11 is 0. The highest BCUT2D eigenvalue weighted by Gasteiger charge is 2.21. The highest BCUT2D eigenvalue weighted by molar-refractivity contribution is 5.99. The van der Waals surface area contributed by atoms with E-state index < -0.39 is 18.0 Å². The van der Waals surface area contributed by atoms with Crippen LogP contribution >= 0.6 is 0 Å². The third-order valence-electron chi connectivity index (χ3n) is 5.08. The Bertz CT molecular complexity index is 1300. The number of H-pyrrole nitrogens is 1. The van der Waals surface area contributed by atoms with Crippen LogP contribution < -0.4 is 14.8 Å². The molecule has 0 fully saturated rings. The van der Waals surface area contributed by atoms with Gasteiger partial charge in [-0.2, -0.15) is 0 Å². The van der Waals surface area contributed by atoms with Gasteiger partial charge in [-0.1, -0.05) is 30.3 Å². The van der Waals surface area contributed by atoms with Gasteiger partial charge in [-0.15, -0.1) is 0 Å². The lowest BCUT2D eigenvalue weighted by Crippen LogP contribution is -2.30. The lowest BCUT2D eigenvalue weighted by atomic mass is 10.2. The molecule has 2 N–H and O–H groups in total. The zero-order valence-corrected chi connectivity index (χ0v) is 18.4. The Balaban J connectivity index is 1.47. The predicted molar refractivity (Wildman–Crippen MR) is 125 cm³/mol. The molecule has 33 heavy (non-hydrogen) atoms. The zero-order valence-electron chi connectivity index (χ0n) is 18.4. The lowest BCUT2D eigenvalue weighted by Gasteiger charge is -2.16. The van der Waals surface area contributed by atoms with Crippen LogP contribution in [-0.4, -0.2) is 42.2 Å². The van der Waals surface area contributed by atoms with Crippen molar-refractivity contribution < 1.29 is 23.8 Å². The molecule has 4 rings (SSSR count). The van der Waals surface area contributed by atoms with Crippen LogP contribution in [0.4, 0.5) is 5.69 Å². The molecule has 1 amide bonds. The maximum atomic E-state index is 12.7. The maximum Gasteiger partial charge on any atom is 0.338 e. The Morgan fingerprint density at radius 2 is 1.76 bits per heavy atom. The molecule has 0 saturated heterocycles. The Labute approximate surface area is 190 Å². The van der Waals surface area contributed by atoms with E-state index in [4.69, 9.17) is 14.2 Å². The second kappa shape index (κ2) is 9.44. The van der Waals surface area contributed by atoms with Crippen LogP contribution in [0.2, 0.25) is 0 Å². The molecule has 0 aliphatic heterocycles. The van der Waals surface area contributed by atoms with E-state index in [9.17, 15) is 9.59 Å². The van der Waals surface area contributed by atoms with E-state index in [2.05, 4.69) is 15.3 Å². The van der Waals surface area contributed by atoms with Gasteiger partial charge in [0.1, 0.15) is 17.3 Å². The molecule has 1 heterocycles. The Morgan fingerprint density at radius 3 is 2.48 bits per heavy atom. The second-order valence-electron chi connectivity index (χ2n) is 7.29. The van der Waals surface area contributed by atoms with E-state index in [0.29, 0.717) is 34.1 Å². The largest absolute Gasteiger partial charge is 0.497 e. The van der Waals surface area contributed by atoms with Crippen molar-refractivity contribution in [3.63, 3.8) is 0 Å². The van der Waals surface area contributed by atoms with Crippen molar-refractivity contribution in [2.75, 3.05) is 19.5 Å². The number of esters is 1. The monoisotopic (exact) mass is 445 g/mol. The van der Waals surface area contributed by atoms with Gasteiger partial charge in [-0.25, -0.2) is 9.78 Å². The molecular weight excluding hydrogens is 422 g/mol. The van der Waals surface area contributed by atoms with Crippen molar-refractivity contribution in [2.24, 2.45) is 0 Å². The van der Waals surface area contributed by atoms with E-state index >= 15 is 0 Å². The summed E-state index contributed by atoms with van der Waals surface area (Å²) in [6.07, 6.45) is -1.04. The quantitative estimate of drug-likeness (QED) is 0.408. The molecule has 3 aromatic carbocycles. The van der Waals surface area contributed by atoms with Gasteiger partial charge in [0, 0.05) is 11.6 Å². The average molecular weight is 445 g/mol. The molecular formula is C25H23N3O5. The normalized spacial score (nSPS) is 11.6. The number of imidazole rings is 1. The number of rotatable bonds is 7. The third-order valence-corrected chi connectivity index (χ3v) is 5.08.